The molecule has 198 valence electrons. The fourth-order valence-corrected chi connectivity index (χ4v) is 5.55. The van der Waals surface area contributed by atoms with Crippen LogP contribution in [0.3, 0.4) is 0 Å². The van der Waals surface area contributed by atoms with Gasteiger partial charge in [0, 0.05) is 27.6 Å². The highest BCUT2D eigenvalue weighted by Crippen LogP contribution is 2.40. The number of Topliss-reactive ketones (excluding diaryl/α,β-unsaturated/α-hetero) is 1. The maximum absolute atomic E-state index is 13.1. The third kappa shape index (κ3) is 6.46. The van der Waals surface area contributed by atoms with Crippen LogP contribution in [-0.4, -0.2) is 65.1 Å². The van der Waals surface area contributed by atoms with E-state index in [0.717, 1.165) is 10.0 Å². The normalized spacial score (nSPS) is 20.0. The number of benzene rings is 2. The Labute approximate surface area is 236 Å². The molecule has 2 heterocycles. The van der Waals surface area contributed by atoms with E-state index in [4.69, 9.17) is 21.1 Å². The second-order valence-corrected chi connectivity index (χ2v) is 10.9. The number of amides is 2. The van der Waals surface area contributed by atoms with Gasteiger partial charge in [0.2, 0.25) is 11.8 Å². The maximum Gasteiger partial charge on any atom is 0.333 e. The molecule has 12 heteroatoms. The smallest absolute Gasteiger partial charge is 0.333 e. The van der Waals surface area contributed by atoms with E-state index in [-0.39, 0.29) is 18.9 Å². The van der Waals surface area contributed by atoms with Gasteiger partial charge in [-0.3, -0.25) is 19.2 Å². The predicted molar refractivity (Wildman–Crippen MR) is 143 cm³/mol. The number of nitrogens with zero attached hydrogens (tertiary/aromatic N) is 1. The monoisotopic (exact) mass is 620 g/mol. The van der Waals surface area contributed by atoms with Crippen LogP contribution in [0.5, 0.6) is 0 Å². The van der Waals surface area contributed by atoms with Crippen LogP contribution < -0.4 is 5.32 Å². The van der Waals surface area contributed by atoms with Crippen LogP contribution in [0.2, 0.25) is 5.02 Å². The zero-order chi connectivity index (χ0) is 27.4. The zero-order valence-corrected chi connectivity index (χ0v) is 23.2. The number of rotatable bonds is 9. The summed E-state index contributed by atoms with van der Waals surface area (Å²) in [6.07, 6.45) is 0.0511. The highest BCUT2D eigenvalue weighted by Gasteiger charge is 2.56. The van der Waals surface area contributed by atoms with Crippen molar-refractivity contribution in [1.29, 1.82) is 0 Å². The second kappa shape index (κ2) is 12.1. The van der Waals surface area contributed by atoms with E-state index in [1.807, 2.05) is 0 Å². The van der Waals surface area contributed by atoms with Gasteiger partial charge in [-0.05, 0) is 35.2 Å². The molecule has 1 fully saturated rings. The largest absolute Gasteiger partial charge is 0.461 e. The highest BCUT2D eigenvalue weighted by atomic mass is 79.9. The molecule has 0 spiro atoms. The molecule has 0 bridgehead atoms. The van der Waals surface area contributed by atoms with Gasteiger partial charge in [-0.2, -0.15) is 0 Å². The summed E-state index contributed by atoms with van der Waals surface area (Å²) in [5.41, 5.74) is 1.42. The fraction of sp³-hybridized carbons (Fsp3) is 0.269. The number of nitrogens with one attached hydrogen (secondary N) is 1. The third-order valence-corrected chi connectivity index (χ3v) is 7.84. The van der Waals surface area contributed by atoms with Crippen LogP contribution in [0.1, 0.15) is 22.8 Å². The number of carbonyl (C=O) groups excluding carboxylic acids is 5. The molecule has 4 rings (SSSR count). The Morgan fingerprint density at radius 2 is 1.74 bits per heavy atom. The Hall–Kier alpha value is -3.15. The SMILES string of the molecule is CC(=O)OCC1=CS[C@@H]2C(NC(=O)Cc3ccc(Cl)cc3)C(=O)N2C1C(=O)OCC(=O)c1ccc(Br)cc1. The first-order valence-electron chi connectivity index (χ1n) is 11.4. The van der Waals surface area contributed by atoms with E-state index < -0.39 is 47.7 Å². The van der Waals surface area contributed by atoms with E-state index in [1.54, 1.807) is 53.9 Å². The van der Waals surface area contributed by atoms with E-state index >= 15 is 0 Å². The zero-order valence-electron chi connectivity index (χ0n) is 20.0. The number of hydrogen-bond donors (Lipinski definition) is 1. The van der Waals surface area contributed by atoms with Gasteiger partial charge >= 0.3 is 11.9 Å². The van der Waals surface area contributed by atoms with Gasteiger partial charge in [0.25, 0.3) is 0 Å². The molecule has 0 aromatic heterocycles. The molecule has 1 saturated heterocycles. The topological polar surface area (TPSA) is 119 Å². The minimum atomic E-state index is -1.20. The Morgan fingerprint density at radius 1 is 1.05 bits per heavy atom. The third-order valence-electron chi connectivity index (χ3n) is 5.84. The van der Waals surface area contributed by atoms with Crippen molar-refractivity contribution in [2.45, 2.75) is 30.8 Å². The molecular formula is C26H22BrClN2O7S. The summed E-state index contributed by atoms with van der Waals surface area (Å²) in [5, 5.41) is 4.32. The second-order valence-electron chi connectivity index (χ2n) is 8.53. The van der Waals surface area contributed by atoms with Gasteiger partial charge in [-0.15, -0.1) is 11.8 Å². The molecular weight excluding hydrogens is 600 g/mol. The lowest BCUT2D eigenvalue weighted by Crippen LogP contribution is -2.74. The lowest BCUT2D eigenvalue weighted by molar-refractivity contribution is -0.163. The quantitative estimate of drug-likeness (QED) is 0.258. The predicted octanol–water partition coefficient (Wildman–Crippen LogP) is 3.29. The number of β-lactam (4-membered cyclic amide) rings is 1. The van der Waals surface area contributed by atoms with Crippen LogP contribution in [-0.2, 0) is 35.1 Å². The number of ether oxygens (including phenoxy) is 2. The summed E-state index contributed by atoms with van der Waals surface area (Å²) in [6, 6.07) is 11.3. The molecule has 9 nitrogen and oxygen atoms in total. The lowest BCUT2D eigenvalue weighted by Gasteiger charge is -2.51. The first-order chi connectivity index (χ1) is 18.1. The van der Waals surface area contributed by atoms with Crippen LogP contribution in [0.4, 0.5) is 0 Å². The molecule has 2 unspecified atom stereocenters. The molecule has 3 atom stereocenters. The average molecular weight is 622 g/mol. The molecule has 1 N–H and O–H groups in total. The lowest BCUT2D eigenvalue weighted by atomic mass is 9.98. The number of ketones is 1. The van der Waals surface area contributed by atoms with Crippen LogP contribution in [0.25, 0.3) is 0 Å². The molecule has 2 aliphatic heterocycles. The average Bonchev–Trinajstić information content (AvgIpc) is 2.90. The van der Waals surface area contributed by atoms with Crippen molar-refractivity contribution >= 4 is 68.8 Å². The number of halogens is 2. The summed E-state index contributed by atoms with van der Waals surface area (Å²) in [7, 11) is 0. The summed E-state index contributed by atoms with van der Waals surface area (Å²) >= 11 is 10.4. The number of hydrogen-bond acceptors (Lipinski definition) is 8. The van der Waals surface area contributed by atoms with Crippen molar-refractivity contribution in [3.05, 3.63) is 80.1 Å². The molecule has 0 radical (unpaired) electrons. The summed E-state index contributed by atoms with van der Waals surface area (Å²) in [4.78, 5) is 63.9. The van der Waals surface area contributed by atoms with Gasteiger partial charge in [-0.25, -0.2) is 4.79 Å². The van der Waals surface area contributed by atoms with Crippen molar-refractivity contribution in [3.8, 4) is 0 Å². The van der Waals surface area contributed by atoms with Crippen LogP contribution in [0, 0.1) is 0 Å². The van der Waals surface area contributed by atoms with E-state index in [0.29, 0.717) is 16.2 Å². The van der Waals surface area contributed by atoms with Crippen LogP contribution >= 0.6 is 39.3 Å². The molecule has 2 aromatic carbocycles. The number of fused-ring (bicyclic) bond motifs is 1. The van der Waals surface area contributed by atoms with Gasteiger partial charge in [0.1, 0.15) is 18.0 Å². The minimum absolute atomic E-state index is 0.0511. The van der Waals surface area contributed by atoms with E-state index in [2.05, 4.69) is 21.2 Å². The van der Waals surface area contributed by atoms with Gasteiger partial charge in [0.15, 0.2) is 18.4 Å². The van der Waals surface area contributed by atoms with Crippen molar-refractivity contribution in [3.63, 3.8) is 0 Å². The Kier molecular flexibility index (Phi) is 8.91. The summed E-state index contributed by atoms with van der Waals surface area (Å²) in [6.45, 7) is 0.469. The van der Waals surface area contributed by atoms with Crippen molar-refractivity contribution in [2.75, 3.05) is 13.2 Å². The van der Waals surface area contributed by atoms with Crippen molar-refractivity contribution < 1.29 is 33.4 Å². The summed E-state index contributed by atoms with van der Waals surface area (Å²) < 4.78 is 11.1. The van der Waals surface area contributed by atoms with E-state index in [9.17, 15) is 24.0 Å². The van der Waals surface area contributed by atoms with Crippen molar-refractivity contribution in [2.24, 2.45) is 0 Å². The fourth-order valence-electron chi connectivity index (χ4n) is 3.95. The highest BCUT2D eigenvalue weighted by molar-refractivity contribution is 9.10. The van der Waals surface area contributed by atoms with Crippen LogP contribution in [0.15, 0.2) is 64.0 Å². The van der Waals surface area contributed by atoms with Gasteiger partial charge in [0.05, 0.1) is 6.42 Å². The molecule has 38 heavy (non-hydrogen) atoms. The molecule has 2 aromatic rings. The minimum Gasteiger partial charge on any atom is -0.461 e. The molecule has 2 amide bonds. The Morgan fingerprint density at radius 3 is 2.39 bits per heavy atom. The standard InChI is InChI=1S/C26H22BrClN2O7S/c1-14(31)36-11-17-13-38-25-22(29-21(33)10-15-2-8-19(28)9-3-15)24(34)30(25)23(17)26(35)37-12-20(32)16-4-6-18(27)7-5-16/h2-9,13,22-23,25H,10-12H2,1H3,(H,29,33)/t22?,23?,25-/m1/s1. The van der Waals surface area contributed by atoms with Gasteiger partial charge in [-0.1, -0.05) is 51.8 Å². The molecule has 0 saturated carbocycles. The van der Waals surface area contributed by atoms with Gasteiger partial charge < -0.3 is 19.7 Å². The first kappa shape index (κ1) is 27.9. The Balaban J connectivity index is 1.44. The maximum atomic E-state index is 13.1. The Bertz CT molecular complexity index is 1300. The number of carbonyl (C=O) groups is 5. The molecule has 2 aliphatic rings. The first-order valence-corrected chi connectivity index (χ1v) is 13.5. The van der Waals surface area contributed by atoms with Crippen molar-refractivity contribution in [1.82, 2.24) is 10.2 Å². The molecule has 0 aliphatic carbocycles. The number of thioether (sulfide) groups is 1. The van der Waals surface area contributed by atoms with E-state index in [1.165, 1.54) is 23.6 Å². The number of esters is 2. The summed E-state index contributed by atoms with van der Waals surface area (Å²) in [5.74, 6) is -2.65.